The van der Waals surface area contributed by atoms with Gasteiger partial charge in [-0.15, -0.1) is 16.4 Å². The van der Waals surface area contributed by atoms with Crippen LogP contribution in [0.4, 0.5) is 11.6 Å². The van der Waals surface area contributed by atoms with E-state index >= 15 is 0 Å². The van der Waals surface area contributed by atoms with E-state index in [4.69, 9.17) is 16.2 Å². The summed E-state index contributed by atoms with van der Waals surface area (Å²) < 4.78 is 11.2. The quantitative estimate of drug-likeness (QED) is 0.200. The molecule has 4 nitrogen and oxygen atoms in total. The zero-order valence-corrected chi connectivity index (χ0v) is 24.7. The van der Waals surface area contributed by atoms with Crippen molar-refractivity contribution in [3.8, 4) is 28.1 Å². The van der Waals surface area contributed by atoms with E-state index in [0.29, 0.717) is 17.5 Å². The van der Waals surface area contributed by atoms with Crippen LogP contribution in [0.1, 0.15) is 1.37 Å². The Bertz CT molecular complexity index is 2700. The summed E-state index contributed by atoms with van der Waals surface area (Å²) in [7, 11) is 0. The number of fused-ring (bicyclic) bond motifs is 13. The topological polar surface area (TPSA) is 38.2 Å². The molecule has 0 fully saturated rings. The van der Waals surface area contributed by atoms with Gasteiger partial charge in [0.15, 0.2) is 5.75 Å². The number of benzene rings is 7. The molecule has 1 aliphatic heterocycles. The predicted octanol–water partition coefficient (Wildman–Crippen LogP) is 11.1. The molecule has 0 atom stereocenters. The number of aromatic nitrogens is 2. The maximum atomic E-state index is 8.85. The number of thiophene rings is 1. The van der Waals surface area contributed by atoms with Crippen LogP contribution >= 0.6 is 11.3 Å². The number of hydrogen-bond donors (Lipinski definition) is 0. The molecule has 0 unspecified atom stereocenters. The Morgan fingerprint density at radius 3 is 2.20 bits per heavy atom. The van der Waals surface area contributed by atoms with Crippen LogP contribution in [0.2, 0.25) is 0 Å². The molecule has 9 aromatic rings. The van der Waals surface area contributed by atoms with Gasteiger partial charge >= 0.3 is 0 Å². The van der Waals surface area contributed by atoms with Gasteiger partial charge in [0.2, 0.25) is 0 Å². The van der Waals surface area contributed by atoms with Crippen molar-refractivity contribution in [2.24, 2.45) is 0 Å². The fourth-order valence-corrected chi connectivity index (χ4v) is 8.11. The van der Waals surface area contributed by atoms with Crippen molar-refractivity contribution >= 4 is 75.6 Å². The van der Waals surface area contributed by atoms with Gasteiger partial charge in [-0.2, -0.15) is 0 Å². The first-order chi connectivity index (χ1) is 22.7. The van der Waals surface area contributed by atoms with Gasteiger partial charge in [0.25, 0.3) is 5.95 Å². The van der Waals surface area contributed by atoms with Crippen LogP contribution in [-0.2, 0) is 0 Å². The predicted molar refractivity (Wildman–Crippen MR) is 188 cm³/mol. The summed E-state index contributed by atoms with van der Waals surface area (Å²) >= 11 is 1.76. The third-order valence-electron chi connectivity index (χ3n) is 8.79. The molecule has 0 N–H and O–H groups in total. The van der Waals surface area contributed by atoms with Crippen LogP contribution in [0.15, 0.2) is 140 Å². The van der Waals surface area contributed by atoms with Crippen LogP contribution in [0, 0.1) is 0 Å². The highest BCUT2D eigenvalue weighted by Crippen LogP contribution is 2.56. The van der Waals surface area contributed by atoms with Crippen molar-refractivity contribution < 1.29 is 6.21 Å². The number of hydrogen-bond acceptors (Lipinski definition) is 5. The van der Waals surface area contributed by atoms with Crippen LogP contribution in [0.5, 0.6) is 5.75 Å². The minimum absolute atomic E-state index is 0.340. The Hall–Kier alpha value is -5.78. The van der Waals surface area contributed by atoms with E-state index in [1.165, 1.54) is 20.9 Å². The molecule has 0 saturated heterocycles. The second-order valence-electron chi connectivity index (χ2n) is 11.3. The molecule has 0 aliphatic carbocycles. The van der Waals surface area contributed by atoms with Crippen molar-refractivity contribution in [2.75, 3.05) is 5.06 Å². The smallest absolute Gasteiger partial charge is 0.265 e. The monoisotopic (exact) mass is 594 g/mol. The van der Waals surface area contributed by atoms with Gasteiger partial charge in [-0.1, -0.05) is 121 Å². The van der Waals surface area contributed by atoms with Crippen LogP contribution in [-0.4, -0.2) is 9.97 Å². The Kier molecular flexibility index (Phi) is 4.92. The molecule has 0 spiro atoms. The fraction of sp³-hybridized carbons (Fsp3) is 0. The molecule has 1 aliphatic rings. The average Bonchev–Trinajstić information content (AvgIpc) is 3.51. The second-order valence-corrected chi connectivity index (χ2v) is 12.3. The van der Waals surface area contributed by atoms with Crippen molar-refractivity contribution in [3.63, 3.8) is 0 Å². The number of anilines is 2. The lowest BCUT2D eigenvalue weighted by molar-refractivity contribution is 0.316. The van der Waals surface area contributed by atoms with Gasteiger partial charge < -0.3 is 4.84 Å². The highest BCUT2D eigenvalue weighted by molar-refractivity contribution is 7.26. The van der Waals surface area contributed by atoms with Crippen LogP contribution in [0.25, 0.3) is 75.0 Å². The first-order valence-corrected chi connectivity index (χ1v) is 15.8. The Labute approximate surface area is 263 Å². The van der Waals surface area contributed by atoms with Crippen molar-refractivity contribution in [1.82, 2.24) is 9.97 Å². The molecule has 45 heavy (non-hydrogen) atoms. The minimum Gasteiger partial charge on any atom is -0.371 e. The number of rotatable bonds is 2. The molecule has 0 amide bonds. The van der Waals surface area contributed by atoms with Gasteiger partial charge in [-0.05, 0) is 39.7 Å². The second kappa shape index (κ2) is 9.36. The molecule has 3 heterocycles. The van der Waals surface area contributed by atoms with E-state index in [0.717, 1.165) is 60.1 Å². The number of para-hydroxylation sites is 1. The lowest BCUT2D eigenvalue weighted by atomic mass is 9.89. The Morgan fingerprint density at radius 2 is 1.31 bits per heavy atom. The van der Waals surface area contributed by atoms with Crippen molar-refractivity contribution in [2.45, 2.75) is 0 Å². The van der Waals surface area contributed by atoms with E-state index in [9.17, 15) is 0 Å². The highest BCUT2D eigenvalue weighted by atomic mass is 32.1. The number of nitrogens with zero attached hydrogens (tertiary/aromatic N) is 3. The summed E-state index contributed by atoms with van der Waals surface area (Å²) in [6.07, 6.45) is 0. The summed E-state index contributed by atoms with van der Waals surface area (Å²) in [6, 6.07) is 46.0. The zero-order chi connectivity index (χ0) is 30.4. The van der Waals surface area contributed by atoms with E-state index in [1.54, 1.807) is 17.4 Å². The van der Waals surface area contributed by atoms with Gasteiger partial charge in [-0.3, -0.25) is 0 Å². The summed E-state index contributed by atoms with van der Waals surface area (Å²) in [5.41, 5.74) is 5.36. The summed E-state index contributed by atoms with van der Waals surface area (Å²) in [6.45, 7) is 0. The molecular formula is C40H23N3OS. The third kappa shape index (κ3) is 3.53. The molecule has 0 bridgehead atoms. The SMILES string of the molecule is [2H]c1cccc2c(-c3ccccc3)nc(N3Oc4ccc5ccccc5c4-c4c3c3sc5ccccc5c3c3ccccc43)nc12. The summed E-state index contributed by atoms with van der Waals surface area (Å²) in [4.78, 5) is 17.2. The van der Waals surface area contributed by atoms with Crippen molar-refractivity contribution in [3.05, 3.63) is 140 Å². The average molecular weight is 595 g/mol. The fourth-order valence-electron chi connectivity index (χ4n) is 6.86. The largest absolute Gasteiger partial charge is 0.371 e. The van der Waals surface area contributed by atoms with Gasteiger partial charge in [-0.25, -0.2) is 9.97 Å². The molecule has 0 saturated carbocycles. The lowest BCUT2D eigenvalue weighted by Gasteiger charge is -2.33. The van der Waals surface area contributed by atoms with E-state index in [1.807, 2.05) is 53.6 Å². The maximum Gasteiger partial charge on any atom is 0.265 e. The third-order valence-corrected chi connectivity index (χ3v) is 9.97. The molecule has 5 heteroatoms. The van der Waals surface area contributed by atoms with E-state index in [2.05, 4.69) is 78.9 Å². The summed E-state index contributed by atoms with van der Waals surface area (Å²) in [5, 5.41) is 9.67. The first-order valence-electron chi connectivity index (χ1n) is 15.4. The lowest BCUT2D eigenvalue weighted by Crippen LogP contribution is -2.28. The maximum absolute atomic E-state index is 8.85. The standard InChI is InChI=1S/C40H23N3OS/c1-2-13-25(14-3-1)37-29-18-8-10-20-31(29)41-40(42-37)43-38-36(35-26-15-5-4-12-24(26)22-23-32(35)44-43)28-17-7-6-16-27(28)34-30-19-9-11-21-33(30)45-39(34)38/h1-23H/i20D. The molecule has 2 aromatic heterocycles. The van der Waals surface area contributed by atoms with Crippen LogP contribution < -0.4 is 9.90 Å². The zero-order valence-electron chi connectivity index (χ0n) is 24.9. The summed E-state index contributed by atoms with van der Waals surface area (Å²) in [5.74, 6) is 1.13. The molecule has 10 rings (SSSR count). The van der Waals surface area contributed by atoms with Crippen LogP contribution in [0.3, 0.4) is 0 Å². The Morgan fingerprint density at radius 1 is 0.600 bits per heavy atom. The van der Waals surface area contributed by atoms with Gasteiger partial charge in [0.05, 0.1) is 17.3 Å². The van der Waals surface area contributed by atoms with Crippen molar-refractivity contribution in [1.29, 1.82) is 0 Å². The normalized spacial score (nSPS) is 12.9. The van der Waals surface area contributed by atoms with E-state index < -0.39 is 0 Å². The minimum atomic E-state index is 0.340. The van der Waals surface area contributed by atoms with Gasteiger partial charge in [0, 0.05) is 37.5 Å². The molecule has 0 radical (unpaired) electrons. The Balaban J connectivity index is 1.39. The highest BCUT2D eigenvalue weighted by Gasteiger charge is 2.34. The molecular weight excluding hydrogens is 571 g/mol. The first kappa shape index (κ1) is 23.6. The molecule has 210 valence electrons. The molecule has 7 aromatic carbocycles. The van der Waals surface area contributed by atoms with Gasteiger partial charge in [0.1, 0.15) is 5.69 Å². The van der Waals surface area contributed by atoms with E-state index in [-0.39, 0.29) is 0 Å².